The number of unbranched alkanes of at least 4 members (excludes halogenated alkanes) is 1. The van der Waals surface area contributed by atoms with E-state index in [-0.39, 0.29) is 5.41 Å². The van der Waals surface area contributed by atoms with Crippen LogP contribution in [0.15, 0.2) is 30.9 Å². The molecule has 1 aromatic carbocycles. The maximum atomic E-state index is 6.09. The van der Waals surface area contributed by atoms with Crippen LogP contribution in [-0.2, 0) is 5.41 Å². The first-order chi connectivity index (χ1) is 9.45. The molecule has 112 valence electrons. The number of quaternary nitrogens is 1. The lowest BCUT2D eigenvalue weighted by atomic mass is 9.86. The Kier molecular flexibility index (Phi) is 7.11. The van der Waals surface area contributed by atoms with Crippen LogP contribution in [0, 0.1) is 0 Å². The average Bonchev–Trinajstić information content (AvgIpc) is 2.38. The summed E-state index contributed by atoms with van der Waals surface area (Å²) in [4.78, 5) is 0. The molecule has 2 nitrogen and oxygen atoms in total. The third-order valence-electron chi connectivity index (χ3n) is 3.14. The van der Waals surface area contributed by atoms with Gasteiger partial charge in [0.1, 0.15) is 5.75 Å². The zero-order chi connectivity index (χ0) is 15.0. The van der Waals surface area contributed by atoms with Gasteiger partial charge in [0.15, 0.2) is 0 Å². The fraction of sp³-hybridized carbons (Fsp3) is 0.529. The predicted molar refractivity (Wildman–Crippen MR) is 86.7 cm³/mol. The van der Waals surface area contributed by atoms with Crippen LogP contribution in [0.5, 0.6) is 5.75 Å². The van der Waals surface area contributed by atoms with Gasteiger partial charge in [-0.05, 0) is 42.5 Å². The highest BCUT2D eigenvalue weighted by Crippen LogP contribution is 2.33. The third kappa shape index (κ3) is 5.98. The van der Waals surface area contributed by atoms with Crippen molar-refractivity contribution in [2.75, 3.05) is 19.7 Å². The van der Waals surface area contributed by atoms with Gasteiger partial charge in [-0.2, -0.15) is 0 Å². The van der Waals surface area contributed by atoms with Gasteiger partial charge in [0.2, 0.25) is 0 Å². The molecule has 0 aliphatic heterocycles. The van der Waals surface area contributed by atoms with Crippen molar-refractivity contribution in [3.63, 3.8) is 0 Å². The second kappa shape index (κ2) is 8.33. The largest absolute Gasteiger partial charge is 0.493 e. The normalized spacial score (nSPS) is 11.4. The van der Waals surface area contributed by atoms with Crippen molar-refractivity contribution in [1.29, 1.82) is 0 Å². The van der Waals surface area contributed by atoms with E-state index in [0.29, 0.717) is 0 Å². The quantitative estimate of drug-likeness (QED) is 0.576. The Morgan fingerprint density at radius 3 is 2.70 bits per heavy atom. The first-order valence-corrected chi connectivity index (χ1v) is 7.68. The van der Waals surface area contributed by atoms with Crippen molar-refractivity contribution in [3.05, 3.63) is 41.4 Å². The third-order valence-corrected chi connectivity index (χ3v) is 3.38. The maximum Gasteiger partial charge on any atom is 0.123 e. The minimum absolute atomic E-state index is 0.0397. The van der Waals surface area contributed by atoms with Gasteiger partial charge in [-0.15, -0.1) is 0 Å². The highest BCUT2D eigenvalue weighted by atomic mass is 35.5. The Labute approximate surface area is 128 Å². The molecule has 2 N–H and O–H groups in total. The number of hydrogen-bond acceptors (Lipinski definition) is 1. The molecular weight excluding hydrogens is 270 g/mol. The standard InChI is InChI=1S/C17H26ClNO/c1-5-10-19-11-6-7-12-20-16-9-8-14(18)13-15(16)17(2,3)4/h5,8-9,13,19H,1,6-7,10-12H2,2-4H3/p+1. The topological polar surface area (TPSA) is 25.8 Å². The van der Waals surface area contributed by atoms with E-state index in [1.807, 2.05) is 24.3 Å². The second-order valence-corrected chi connectivity index (χ2v) is 6.48. The lowest BCUT2D eigenvalue weighted by Crippen LogP contribution is -2.83. The van der Waals surface area contributed by atoms with Crippen LogP contribution in [0.3, 0.4) is 0 Å². The maximum absolute atomic E-state index is 6.09. The monoisotopic (exact) mass is 296 g/mol. The summed E-state index contributed by atoms with van der Waals surface area (Å²) in [6, 6.07) is 5.88. The van der Waals surface area contributed by atoms with Crippen LogP contribution in [0.1, 0.15) is 39.2 Å². The summed E-state index contributed by atoms with van der Waals surface area (Å²) >= 11 is 6.09. The molecule has 0 spiro atoms. The second-order valence-electron chi connectivity index (χ2n) is 6.05. The summed E-state index contributed by atoms with van der Waals surface area (Å²) in [6.07, 6.45) is 4.16. The number of rotatable bonds is 8. The Morgan fingerprint density at radius 1 is 1.30 bits per heavy atom. The van der Waals surface area contributed by atoms with Crippen LogP contribution >= 0.6 is 11.6 Å². The smallest absolute Gasteiger partial charge is 0.123 e. The van der Waals surface area contributed by atoms with Crippen molar-refractivity contribution in [2.45, 2.75) is 39.0 Å². The number of nitrogens with two attached hydrogens (primary N) is 1. The predicted octanol–water partition coefficient (Wildman–Crippen LogP) is 3.55. The number of ether oxygens (including phenoxy) is 1. The van der Waals surface area contributed by atoms with Gasteiger partial charge in [-0.1, -0.05) is 39.0 Å². The van der Waals surface area contributed by atoms with E-state index in [0.717, 1.165) is 43.3 Å². The molecule has 0 unspecified atom stereocenters. The molecule has 3 heteroatoms. The summed E-state index contributed by atoms with van der Waals surface area (Å²) in [5.74, 6) is 0.956. The van der Waals surface area contributed by atoms with Gasteiger partial charge in [-0.3, -0.25) is 0 Å². The van der Waals surface area contributed by atoms with E-state index in [1.54, 1.807) is 0 Å². The molecular formula is C17H27ClNO+. The van der Waals surface area contributed by atoms with E-state index < -0.39 is 0 Å². The van der Waals surface area contributed by atoms with Crippen molar-refractivity contribution in [3.8, 4) is 5.75 Å². The molecule has 0 amide bonds. The molecule has 0 radical (unpaired) electrons. The van der Waals surface area contributed by atoms with Crippen LogP contribution in [0.2, 0.25) is 5.02 Å². The Bertz CT molecular complexity index is 423. The van der Waals surface area contributed by atoms with Gasteiger partial charge >= 0.3 is 0 Å². The van der Waals surface area contributed by atoms with Crippen molar-refractivity contribution < 1.29 is 10.1 Å². The molecule has 20 heavy (non-hydrogen) atoms. The minimum atomic E-state index is 0.0397. The number of hydrogen-bond donors (Lipinski definition) is 1. The fourth-order valence-electron chi connectivity index (χ4n) is 2.02. The molecule has 1 rings (SSSR count). The zero-order valence-electron chi connectivity index (χ0n) is 12.9. The molecule has 0 fully saturated rings. The SMILES string of the molecule is C=CC[NH2+]CCCCOc1ccc(Cl)cc1C(C)(C)C. The van der Waals surface area contributed by atoms with Crippen LogP contribution in [-0.4, -0.2) is 19.7 Å². The lowest BCUT2D eigenvalue weighted by Gasteiger charge is -2.23. The Balaban J connectivity index is 2.46. The molecule has 1 aromatic rings. The van der Waals surface area contributed by atoms with E-state index in [1.165, 1.54) is 5.56 Å². The van der Waals surface area contributed by atoms with Gasteiger partial charge in [0, 0.05) is 10.6 Å². The molecule has 0 aromatic heterocycles. The summed E-state index contributed by atoms with van der Waals surface area (Å²) in [6.45, 7) is 13.1. The summed E-state index contributed by atoms with van der Waals surface area (Å²) in [5, 5.41) is 3.02. The lowest BCUT2D eigenvalue weighted by molar-refractivity contribution is -0.646. The molecule has 0 bridgehead atoms. The van der Waals surface area contributed by atoms with Gasteiger partial charge in [0.25, 0.3) is 0 Å². The summed E-state index contributed by atoms with van der Waals surface area (Å²) in [7, 11) is 0. The van der Waals surface area contributed by atoms with Crippen LogP contribution < -0.4 is 10.1 Å². The molecule has 0 saturated heterocycles. The van der Waals surface area contributed by atoms with E-state index >= 15 is 0 Å². The molecule has 0 heterocycles. The first kappa shape index (κ1) is 17.1. The van der Waals surface area contributed by atoms with Crippen molar-refractivity contribution in [2.24, 2.45) is 0 Å². The van der Waals surface area contributed by atoms with E-state index in [4.69, 9.17) is 16.3 Å². The minimum Gasteiger partial charge on any atom is -0.493 e. The van der Waals surface area contributed by atoms with Crippen LogP contribution in [0.4, 0.5) is 0 Å². The fourth-order valence-corrected chi connectivity index (χ4v) is 2.19. The first-order valence-electron chi connectivity index (χ1n) is 7.30. The highest BCUT2D eigenvalue weighted by molar-refractivity contribution is 6.30. The Morgan fingerprint density at radius 2 is 2.05 bits per heavy atom. The van der Waals surface area contributed by atoms with E-state index in [2.05, 4.69) is 32.7 Å². The summed E-state index contributed by atoms with van der Waals surface area (Å²) in [5.41, 5.74) is 1.21. The molecule has 0 atom stereocenters. The Hall–Kier alpha value is -0.990. The number of halogens is 1. The number of benzene rings is 1. The van der Waals surface area contributed by atoms with Gasteiger partial charge in [-0.25, -0.2) is 0 Å². The van der Waals surface area contributed by atoms with Gasteiger partial charge < -0.3 is 10.1 Å². The molecule has 0 aliphatic carbocycles. The summed E-state index contributed by atoms with van der Waals surface area (Å²) < 4.78 is 5.93. The van der Waals surface area contributed by atoms with Crippen LogP contribution in [0.25, 0.3) is 0 Å². The average molecular weight is 297 g/mol. The highest BCUT2D eigenvalue weighted by Gasteiger charge is 2.19. The van der Waals surface area contributed by atoms with E-state index in [9.17, 15) is 0 Å². The zero-order valence-corrected chi connectivity index (χ0v) is 13.7. The van der Waals surface area contributed by atoms with Crippen molar-refractivity contribution >= 4 is 11.6 Å². The molecule has 0 saturated carbocycles. The van der Waals surface area contributed by atoms with Gasteiger partial charge in [0.05, 0.1) is 19.7 Å². The molecule has 0 aliphatic rings. The van der Waals surface area contributed by atoms with Crippen molar-refractivity contribution in [1.82, 2.24) is 0 Å².